The van der Waals surface area contributed by atoms with Gasteiger partial charge in [-0.15, -0.1) is 0 Å². The van der Waals surface area contributed by atoms with E-state index < -0.39 is 0 Å². The number of hydrogen-bond donors (Lipinski definition) is 0. The highest BCUT2D eigenvalue weighted by molar-refractivity contribution is 9.11. The Hall–Kier alpha value is -1.20. The summed E-state index contributed by atoms with van der Waals surface area (Å²) in [5, 5.41) is 0. The molecular weight excluding hydrogens is 389 g/mol. The van der Waals surface area contributed by atoms with E-state index in [4.69, 9.17) is 4.42 Å². The van der Waals surface area contributed by atoms with Gasteiger partial charge in [0.1, 0.15) is 11.3 Å². The van der Waals surface area contributed by atoms with E-state index >= 15 is 0 Å². The van der Waals surface area contributed by atoms with Gasteiger partial charge in [-0.2, -0.15) is 0 Å². The van der Waals surface area contributed by atoms with Crippen LogP contribution in [0.5, 0.6) is 0 Å². The summed E-state index contributed by atoms with van der Waals surface area (Å²) < 4.78 is 19.5. The summed E-state index contributed by atoms with van der Waals surface area (Å²) in [7, 11) is 0. The first-order valence-corrected chi connectivity index (χ1v) is 7.78. The molecule has 5 heteroatoms. The fourth-order valence-electron chi connectivity index (χ4n) is 2.03. The normalized spacial score (nSPS) is 12.8. The van der Waals surface area contributed by atoms with Crippen LogP contribution in [0.3, 0.4) is 0 Å². The van der Waals surface area contributed by atoms with Crippen LogP contribution >= 0.6 is 31.9 Å². The van der Waals surface area contributed by atoms with Gasteiger partial charge in [0.25, 0.3) is 0 Å². The second-order valence-electron chi connectivity index (χ2n) is 4.41. The molecule has 102 valence electrons. The first kappa shape index (κ1) is 13.8. The molecule has 0 saturated carbocycles. The monoisotopic (exact) mass is 397 g/mol. The lowest BCUT2D eigenvalue weighted by atomic mass is 10.1. The highest BCUT2D eigenvalue weighted by Crippen LogP contribution is 2.33. The highest BCUT2D eigenvalue weighted by atomic mass is 79.9. The van der Waals surface area contributed by atoms with Crippen LogP contribution in [0.25, 0.3) is 11.1 Å². The average molecular weight is 399 g/mol. The van der Waals surface area contributed by atoms with Gasteiger partial charge in [0.2, 0.25) is 0 Å². The molecule has 1 heterocycles. The highest BCUT2D eigenvalue weighted by Gasteiger charge is 2.16. The molecule has 0 spiro atoms. The van der Waals surface area contributed by atoms with E-state index in [1.807, 2.05) is 24.3 Å². The number of fused-ring (bicyclic) bond motifs is 1. The third-order valence-corrected chi connectivity index (χ3v) is 4.50. The van der Waals surface area contributed by atoms with Crippen LogP contribution in [0.1, 0.15) is 16.3 Å². The van der Waals surface area contributed by atoms with Crippen molar-refractivity contribution < 1.29 is 8.81 Å². The minimum atomic E-state index is -0.262. The number of aromatic nitrogens is 1. The third kappa shape index (κ3) is 2.79. The molecule has 3 aromatic rings. The molecule has 0 N–H and O–H groups in total. The van der Waals surface area contributed by atoms with E-state index in [1.165, 1.54) is 12.1 Å². The van der Waals surface area contributed by atoms with Crippen LogP contribution in [0.15, 0.2) is 51.4 Å². The van der Waals surface area contributed by atoms with Gasteiger partial charge in [-0.25, -0.2) is 9.37 Å². The van der Waals surface area contributed by atoms with Crippen molar-refractivity contribution in [3.63, 3.8) is 0 Å². The summed E-state index contributed by atoms with van der Waals surface area (Å²) in [6, 6.07) is 12.3. The van der Waals surface area contributed by atoms with Crippen molar-refractivity contribution in [1.29, 1.82) is 0 Å². The fraction of sp³-hybridized carbons (Fsp3) is 0.133. The zero-order valence-corrected chi connectivity index (χ0v) is 13.5. The van der Waals surface area contributed by atoms with E-state index in [1.54, 1.807) is 6.07 Å². The lowest BCUT2D eigenvalue weighted by Crippen LogP contribution is -1.97. The van der Waals surface area contributed by atoms with Crippen LogP contribution in [-0.2, 0) is 6.42 Å². The van der Waals surface area contributed by atoms with Gasteiger partial charge in [-0.05, 0) is 29.8 Å². The Balaban J connectivity index is 1.86. The molecule has 3 rings (SSSR count). The van der Waals surface area contributed by atoms with Crippen LogP contribution in [0.4, 0.5) is 4.39 Å². The SMILES string of the molecule is Fc1ccc(C(Br)Cc2nc3ccccc3o2)c(Br)c1. The first-order chi connectivity index (χ1) is 9.63. The Morgan fingerprint density at radius 1 is 1.20 bits per heavy atom. The molecule has 2 nitrogen and oxygen atoms in total. The van der Waals surface area contributed by atoms with Crippen LogP contribution < -0.4 is 0 Å². The Kier molecular flexibility index (Phi) is 3.89. The van der Waals surface area contributed by atoms with Crippen molar-refractivity contribution in [2.75, 3.05) is 0 Å². The summed E-state index contributed by atoms with van der Waals surface area (Å²) in [5.41, 5.74) is 2.59. The summed E-state index contributed by atoms with van der Waals surface area (Å²) in [5.74, 6) is 0.395. The Morgan fingerprint density at radius 3 is 2.75 bits per heavy atom. The van der Waals surface area contributed by atoms with E-state index in [9.17, 15) is 4.39 Å². The topological polar surface area (TPSA) is 26.0 Å². The molecule has 0 amide bonds. The van der Waals surface area contributed by atoms with Gasteiger partial charge in [0.05, 0.1) is 0 Å². The molecule has 1 unspecified atom stereocenters. The van der Waals surface area contributed by atoms with Gasteiger partial charge in [-0.3, -0.25) is 0 Å². The van der Waals surface area contributed by atoms with Crippen molar-refractivity contribution in [3.8, 4) is 0 Å². The third-order valence-electron chi connectivity index (χ3n) is 2.99. The summed E-state index contributed by atoms with van der Waals surface area (Å²) in [6.45, 7) is 0. The van der Waals surface area contributed by atoms with Crippen LogP contribution in [0.2, 0.25) is 0 Å². The number of nitrogens with zero attached hydrogens (tertiary/aromatic N) is 1. The van der Waals surface area contributed by atoms with Crippen LogP contribution in [-0.4, -0.2) is 4.98 Å². The first-order valence-electron chi connectivity index (χ1n) is 6.07. The molecule has 0 fully saturated rings. The van der Waals surface area contributed by atoms with Gasteiger partial charge in [-0.1, -0.05) is 50.1 Å². The molecule has 0 aliphatic rings. The lowest BCUT2D eigenvalue weighted by Gasteiger charge is -2.10. The zero-order valence-electron chi connectivity index (χ0n) is 10.3. The Bertz CT molecular complexity index is 723. The largest absolute Gasteiger partial charge is 0.441 e. The van der Waals surface area contributed by atoms with Gasteiger partial charge >= 0.3 is 0 Å². The minimum Gasteiger partial charge on any atom is -0.441 e. The second kappa shape index (κ2) is 5.66. The molecule has 0 radical (unpaired) electrons. The minimum absolute atomic E-state index is 0.00513. The molecule has 20 heavy (non-hydrogen) atoms. The predicted octanol–water partition coefficient (Wildman–Crippen LogP) is 5.41. The number of benzene rings is 2. The van der Waals surface area contributed by atoms with Crippen LogP contribution in [0, 0.1) is 5.82 Å². The number of oxazole rings is 1. The number of hydrogen-bond acceptors (Lipinski definition) is 2. The van der Waals surface area contributed by atoms with Crippen molar-refractivity contribution in [3.05, 3.63) is 64.2 Å². The van der Waals surface area contributed by atoms with E-state index in [-0.39, 0.29) is 10.6 Å². The van der Waals surface area contributed by atoms with E-state index in [0.717, 1.165) is 21.1 Å². The van der Waals surface area contributed by atoms with Gasteiger partial charge in [0, 0.05) is 15.7 Å². The molecule has 0 aliphatic carbocycles. The smallest absolute Gasteiger partial charge is 0.196 e. The number of halogens is 3. The lowest BCUT2D eigenvalue weighted by molar-refractivity contribution is 0.527. The number of rotatable bonds is 3. The fourth-order valence-corrected chi connectivity index (χ4v) is 3.64. The summed E-state index contributed by atoms with van der Waals surface area (Å²) >= 11 is 6.98. The predicted molar refractivity (Wildman–Crippen MR) is 83.5 cm³/mol. The van der Waals surface area contributed by atoms with Gasteiger partial charge in [0.15, 0.2) is 11.5 Å². The molecule has 0 saturated heterocycles. The summed E-state index contributed by atoms with van der Waals surface area (Å²) in [6.07, 6.45) is 0.596. The Labute approximate surface area is 132 Å². The molecular formula is C15H10Br2FNO. The zero-order chi connectivity index (χ0) is 14.1. The quantitative estimate of drug-likeness (QED) is 0.551. The molecule has 2 aromatic carbocycles. The molecule has 1 aromatic heterocycles. The summed E-state index contributed by atoms with van der Waals surface area (Å²) in [4.78, 5) is 4.44. The molecule has 0 aliphatic heterocycles. The molecule has 1 atom stereocenters. The average Bonchev–Trinajstić information content (AvgIpc) is 2.80. The number of para-hydroxylation sites is 2. The number of alkyl halides is 1. The maximum atomic E-state index is 13.1. The van der Waals surface area contributed by atoms with Crippen molar-refractivity contribution in [2.45, 2.75) is 11.2 Å². The Morgan fingerprint density at radius 2 is 2.00 bits per heavy atom. The van der Waals surface area contributed by atoms with Crippen molar-refractivity contribution in [1.82, 2.24) is 4.98 Å². The molecule has 0 bridgehead atoms. The standard InChI is InChI=1S/C15H10Br2FNO/c16-11-7-9(18)5-6-10(11)12(17)8-15-19-13-3-1-2-4-14(13)20-15/h1-7,12H,8H2. The van der Waals surface area contributed by atoms with E-state index in [2.05, 4.69) is 36.8 Å². The maximum Gasteiger partial charge on any atom is 0.196 e. The van der Waals surface area contributed by atoms with Crippen molar-refractivity contribution >= 4 is 43.0 Å². The second-order valence-corrected chi connectivity index (χ2v) is 6.37. The van der Waals surface area contributed by atoms with E-state index in [0.29, 0.717) is 12.3 Å². The van der Waals surface area contributed by atoms with Crippen molar-refractivity contribution in [2.24, 2.45) is 0 Å². The van der Waals surface area contributed by atoms with Gasteiger partial charge < -0.3 is 4.42 Å². The maximum absolute atomic E-state index is 13.1.